The van der Waals surface area contributed by atoms with Crippen molar-refractivity contribution in [3.63, 3.8) is 0 Å². The molecule has 2 heterocycles. The molecule has 0 saturated heterocycles. The minimum atomic E-state index is 0.608. The maximum atomic E-state index is 11.4. The van der Waals surface area contributed by atoms with Gasteiger partial charge in [-0.2, -0.15) is 10.2 Å². The molecule has 6 nitrogen and oxygen atoms in total. The molecule has 0 fully saturated rings. The second-order valence-electron chi connectivity index (χ2n) is 7.32. The zero-order chi connectivity index (χ0) is 21.9. The number of aromatic amines is 2. The summed E-state index contributed by atoms with van der Waals surface area (Å²) in [5.74, 6) is 0. The average Bonchev–Trinajstić information content (AvgIpc) is 3.54. The van der Waals surface area contributed by atoms with E-state index >= 15 is 0 Å². The highest BCUT2D eigenvalue weighted by atomic mass is 16.1. The third kappa shape index (κ3) is 3.54. The number of benzene rings is 3. The number of nitrogens with zero attached hydrogens (tertiary/aromatic N) is 2. The number of hydrogen-bond acceptors (Lipinski definition) is 4. The highest BCUT2D eigenvalue weighted by molar-refractivity contribution is 5.88. The summed E-state index contributed by atoms with van der Waals surface area (Å²) in [6.07, 6.45) is 1.68. The topological polar surface area (TPSA) is 91.5 Å². The molecule has 5 rings (SSSR count). The second kappa shape index (κ2) is 8.28. The Kier molecular flexibility index (Phi) is 5.01. The van der Waals surface area contributed by atoms with Crippen LogP contribution in [0.4, 0.5) is 0 Å². The predicted octanol–water partition coefficient (Wildman–Crippen LogP) is 5.43. The summed E-state index contributed by atoms with van der Waals surface area (Å²) in [7, 11) is 0. The Morgan fingerprint density at radius 2 is 1.03 bits per heavy atom. The minimum absolute atomic E-state index is 0.608. The summed E-state index contributed by atoms with van der Waals surface area (Å²) in [5.41, 5.74) is 7.77. The molecule has 6 heteroatoms. The summed E-state index contributed by atoms with van der Waals surface area (Å²) >= 11 is 0. The first kappa shape index (κ1) is 19.4. The van der Waals surface area contributed by atoms with Crippen molar-refractivity contribution in [1.29, 1.82) is 0 Å². The lowest BCUT2D eigenvalue weighted by atomic mass is 10.0. The second-order valence-corrected chi connectivity index (χ2v) is 7.32. The average molecular weight is 418 g/mol. The van der Waals surface area contributed by atoms with Gasteiger partial charge in [-0.3, -0.25) is 19.8 Å². The van der Waals surface area contributed by atoms with E-state index in [0.717, 1.165) is 57.6 Å². The van der Waals surface area contributed by atoms with Crippen LogP contribution in [0.1, 0.15) is 20.7 Å². The molecule has 0 aliphatic carbocycles. The fraction of sp³-hybridized carbons (Fsp3) is 0. The lowest BCUT2D eigenvalue weighted by molar-refractivity contribution is 0.111. The Morgan fingerprint density at radius 3 is 1.50 bits per heavy atom. The molecule has 5 aromatic rings. The molecule has 2 N–H and O–H groups in total. The van der Waals surface area contributed by atoms with Gasteiger partial charge in [-0.05, 0) is 18.2 Å². The molecule has 0 unspecified atom stereocenters. The fourth-order valence-electron chi connectivity index (χ4n) is 3.74. The SMILES string of the molecule is O=Cc1ccccc1-c1cc(-c2cccc(-c3cc(-c4ccccc4C=O)[nH]n3)c2)n[nH]1. The highest BCUT2D eigenvalue weighted by Gasteiger charge is 2.12. The van der Waals surface area contributed by atoms with Crippen molar-refractivity contribution in [3.05, 3.63) is 96.1 Å². The van der Waals surface area contributed by atoms with Gasteiger partial charge in [-0.1, -0.05) is 66.7 Å². The van der Waals surface area contributed by atoms with Gasteiger partial charge in [0, 0.05) is 33.4 Å². The van der Waals surface area contributed by atoms with Crippen LogP contribution in [0.3, 0.4) is 0 Å². The third-order valence-electron chi connectivity index (χ3n) is 5.37. The normalized spacial score (nSPS) is 10.8. The smallest absolute Gasteiger partial charge is 0.150 e. The maximum Gasteiger partial charge on any atom is 0.150 e. The Morgan fingerprint density at radius 1 is 0.562 bits per heavy atom. The standard InChI is InChI=1S/C26H18N4O2/c31-15-19-6-1-3-10-21(19)25-13-23(27-29-25)17-8-5-9-18(12-17)24-14-26(30-28-24)22-11-4-2-7-20(22)16-32/h1-16H,(H,27,29)(H,28,30). The van der Waals surface area contributed by atoms with E-state index in [1.165, 1.54) is 0 Å². The number of carbonyl (C=O) groups is 2. The van der Waals surface area contributed by atoms with E-state index in [2.05, 4.69) is 20.4 Å². The van der Waals surface area contributed by atoms with E-state index in [1.807, 2.05) is 72.8 Å². The third-order valence-corrected chi connectivity index (χ3v) is 5.37. The molecular weight excluding hydrogens is 400 g/mol. The molecule has 32 heavy (non-hydrogen) atoms. The van der Waals surface area contributed by atoms with E-state index in [9.17, 15) is 9.59 Å². The largest absolute Gasteiger partial charge is 0.298 e. The molecule has 0 spiro atoms. The van der Waals surface area contributed by atoms with E-state index in [1.54, 1.807) is 12.1 Å². The van der Waals surface area contributed by atoms with Crippen molar-refractivity contribution < 1.29 is 9.59 Å². The van der Waals surface area contributed by atoms with Gasteiger partial charge in [0.15, 0.2) is 12.6 Å². The number of H-pyrrole nitrogens is 2. The van der Waals surface area contributed by atoms with Crippen LogP contribution in [0, 0.1) is 0 Å². The van der Waals surface area contributed by atoms with E-state index in [4.69, 9.17) is 0 Å². The lowest BCUT2D eigenvalue weighted by Gasteiger charge is -2.01. The van der Waals surface area contributed by atoms with Crippen molar-refractivity contribution in [3.8, 4) is 45.0 Å². The number of carbonyl (C=O) groups excluding carboxylic acids is 2. The van der Waals surface area contributed by atoms with Crippen LogP contribution in [0.5, 0.6) is 0 Å². The molecule has 0 saturated carbocycles. The number of aromatic nitrogens is 4. The van der Waals surface area contributed by atoms with Crippen LogP contribution in [0.2, 0.25) is 0 Å². The lowest BCUT2D eigenvalue weighted by Crippen LogP contribution is -1.86. The zero-order valence-corrected chi connectivity index (χ0v) is 16.9. The van der Waals surface area contributed by atoms with E-state index < -0.39 is 0 Å². The van der Waals surface area contributed by atoms with E-state index in [-0.39, 0.29) is 0 Å². The quantitative estimate of drug-likeness (QED) is 0.360. The first-order chi connectivity index (χ1) is 15.8. The van der Waals surface area contributed by atoms with Gasteiger partial charge in [0.25, 0.3) is 0 Å². The highest BCUT2D eigenvalue weighted by Crippen LogP contribution is 2.30. The predicted molar refractivity (Wildman–Crippen MR) is 123 cm³/mol. The first-order valence-electron chi connectivity index (χ1n) is 10.1. The van der Waals surface area contributed by atoms with Crippen molar-refractivity contribution >= 4 is 12.6 Å². The number of hydrogen-bond donors (Lipinski definition) is 2. The summed E-state index contributed by atoms with van der Waals surface area (Å²) in [6.45, 7) is 0. The Hall–Kier alpha value is -4.58. The summed E-state index contributed by atoms with van der Waals surface area (Å²) in [5, 5.41) is 14.9. The van der Waals surface area contributed by atoms with Gasteiger partial charge in [-0.15, -0.1) is 0 Å². The number of aldehydes is 2. The Bertz CT molecular complexity index is 1330. The summed E-state index contributed by atoms with van der Waals surface area (Å²) < 4.78 is 0. The van der Waals surface area contributed by atoms with Gasteiger partial charge in [0.05, 0.1) is 22.8 Å². The Balaban J connectivity index is 1.48. The molecular formula is C26H18N4O2. The van der Waals surface area contributed by atoms with Crippen LogP contribution in [0.15, 0.2) is 84.9 Å². The molecule has 0 amide bonds. The molecule has 0 aliphatic rings. The molecule has 3 aromatic carbocycles. The maximum absolute atomic E-state index is 11.4. The van der Waals surface area contributed by atoms with Crippen LogP contribution in [-0.4, -0.2) is 33.0 Å². The molecule has 0 radical (unpaired) electrons. The van der Waals surface area contributed by atoms with Crippen LogP contribution in [0.25, 0.3) is 45.0 Å². The van der Waals surface area contributed by atoms with Crippen molar-refractivity contribution in [2.24, 2.45) is 0 Å². The van der Waals surface area contributed by atoms with Crippen LogP contribution >= 0.6 is 0 Å². The van der Waals surface area contributed by atoms with Gasteiger partial charge in [-0.25, -0.2) is 0 Å². The van der Waals surface area contributed by atoms with Gasteiger partial charge >= 0.3 is 0 Å². The molecule has 0 bridgehead atoms. The van der Waals surface area contributed by atoms with Crippen molar-refractivity contribution in [2.75, 3.05) is 0 Å². The minimum Gasteiger partial charge on any atom is -0.298 e. The summed E-state index contributed by atoms with van der Waals surface area (Å²) in [4.78, 5) is 22.7. The van der Waals surface area contributed by atoms with Crippen LogP contribution in [-0.2, 0) is 0 Å². The van der Waals surface area contributed by atoms with Crippen LogP contribution < -0.4 is 0 Å². The monoisotopic (exact) mass is 418 g/mol. The zero-order valence-electron chi connectivity index (χ0n) is 16.9. The van der Waals surface area contributed by atoms with Gasteiger partial charge < -0.3 is 0 Å². The van der Waals surface area contributed by atoms with Crippen molar-refractivity contribution in [2.45, 2.75) is 0 Å². The fourth-order valence-corrected chi connectivity index (χ4v) is 3.74. The van der Waals surface area contributed by atoms with Gasteiger partial charge in [0.1, 0.15) is 0 Å². The van der Waals surface area contributed by atoms with Crippen molar-refractivity contribution in [1.82, 2.24) is 20.4 Å². The molecule has 154 valence electrons. The number of rotatable bonds is 6. The van der Waals surface area contributed by atoms with E-state index in [0.29, 0.717) is 11.1 Å². The summed E-state index contributed by atoms with van der Waals surface area (Å²) in [6, 6.07) is 26.6. The molecule has 2 aromatic heterocycles. The van der Waals surface area contributed by atoms with Gasteiger partial charge in [0.2, 0.25) is 0 Å². The molecule has 0 atom stereocenters. The first-order valence-corrected chi connectivity index (χ1v) is 10.1. The Labute approximate surface area is 184 Å². The number of nitrogens with one attached hydrogen (secondary N) is 2. The molecule has 0 aliphatic heterocycles.